The number of carboxylic acids is 1. The van der Waals surface area contributed by atoms with Gasteiger partial charge in [0.05, 0.1) is 29.9 Å². The number of pyridine rings is 1. The third-order valence-electron chi connectivity index (χ3n) is 4.16. The lowest BCUT2D eigenvalue weighted by molar-refractivity contribution is -0.192. The molecule has 0 amide bonds. The second-order valence-electron chi connectivity index (χ2n) is 6.57. The first kappa shape index (κ1) is 29.1. The molecule has 0 aliphatic rings. The number of thiophene rings is 2. The van der Waals surface area contributed by atoms with E-state index in [0.717, 1.165) is 0 Å². The van der Waals surface area contributed by atoms with Gasteiger partial charge in [0, 0.05) is 11.1 Å². The van der Waals surface area contributed by atoms with E-state index in [4.69, 9.17) is 21.0 Å². The quantitative estimate of drug-likeness (QED) is 0.155. The van der Waals surface area contributed by atoms with Crippen LogP contribution in [0.4, 0.5) is 19.0 Å². The number of rotatable bonds is 7. The van der Waals surface area contributed by atoms with E-state index >= 15 is 0 Å². The molecule has 0 spiro atoms. The molecule has 0 saturated heterocycles. The molecule has 5 N–H and O–H groups in total. The Labute approximate surface area is 219 Å². The van der Waals surface area contributed by atoms with Crippen LogP contribution in [0, 0.1) is 12.3 Å². The number of nitrogens with two attached hydrogens (primary N) is 1. The van der Waals surface area contributed by atoms with E-state index in [0.29, 0.717) is 25.9 Å². The Morgan fingerprint density at radius 3 is 2.46 bits per heavy atom. The summed E-state index contributed by atoms with van der Waals surface area (Å²) in [5, 5.41) is 20.0. The Bertz CT molecular complexity index is 1340. The number of nitrogen functional groups attached to an aromatic ring is 1. The van der Waals surface area contributed by atoms with E-state index in [1.54, 1.807) is 23.7 Å². The number of anilines is 1. The molecule has 3 heterocycles. The van der Waals surface area contributed by atoms with E-state index in [1.165, 1.54) is 45.8 Å². The molecule has 0 atom stereocenters. The lowest BCUT2D eigenvalue weighted by atomic mass is 10.3. The second kappa shape index (κ2) is 11.7. The first-order chi connectivity index (χ1) is 16.2. The minimum absolute atomic E-state index is 0.0837. The average molecular weight is 632 g/mol. The number of sulfone groups is 1. The van der Waals surface area contributed by atoms with Crippen LogP contribution in [0.2, 0.25) is 0 Å². The van der Waals surface area contributed by atoms with Gasteiger partial charge in [0.25, 0.3) is 0 Å². The number of hydrogen-bond acceptors (Lipinski definition) is 9. The van der Waals surface area contributed by atoms with Crippen molar-refractivity contribution in [2.45, 2.75) is 33.6 Å². The summed E-state index contributed by atoms with van der Waals surface area (Å²) in [5.41, 5.74) is 6.73. The highest BCUT2D eigenvalue weighted by molar-refractivity contribution is 9.10. The fraction of sp³-hybridized carbons (Fsp3) is 0.211. The smallest absolute Gasteiger partial charge is 0.475 e. The fourth-order valence-corrected chi connectivity index (χ4v) is 7.71. The maximum atomic E-state index is 13.1. The summed E-state index contributed by atoms with van der Waals surface area (Å²) in [7, 11) is -3.78. The van der Waals surface area contributed by atoms with Crippen molar-refractivity contribution < 1.29 is 31.5 Å². The average Bonchev–Trinajstić information content (AvgIpc) is 3.39. The van der Waals surface area contributed by atoms with E-state index in [9.17, 15) is 21.6 Å². The van der Waals surface area contributed by atoms with Gasteiger partial charge in [-0.1, -0.05) is 0 Å². The first-order valence-electron chi connectivity index (χ1n) is 9.18. The van der Waals surface area contributed by atoms with Gasteiger partial charge >= 0.3 is 12.1 Å². The van der Waals surface area contributed by atoms with E-state index in [2.05, 4.69) is 32.3 Å². The topological polar surface area (TPSA) is 146 Å². The van der Waals surface area contributed by atoms with Gasteiger partial charge in [0.15, 0.2) is 0 Å². The fourth-order valence-electron chi connectivity index (χ4n) is 2.39. The molecule has 0 aliphatic carbocycles. The SMILES string of the molecule is CSc1sc(C(=N)N)cc1S(=O)(=O)c1cnc(NCc2sccc2C)c(Br)c1.O=C(O)C(F)(F)F. The van der Waals surface area contributed by atoms with E-state index in [1.807, 2.05) is 12.3 Å². The summed E-state index contributed by atoms with van der Waals surface area (Å²) in [4.78, 5) is 15.1. The largest absolute Gasteiger partial charge is 0.490 e. The molecular formula is C19H18BrF3N4O4S4. The van der Waals surface area contributed by atoms with Crippen molar-refractivity contribution in [3.8, 4) is 0 Å². The van der Waals surface area contributed by atoms with Crippen molar-refractivity contribution in [2.75, 3.05) is 11.6 Å². The predicted octanol–water partition coefficient (Wildman–Crippen LogP) is 5.36. The van der Waals surface area contributed by atoms with Crippen LogP contribution in [0.3, 0.4) is 0 Å². The number of nitrogens with zero attached hydrogens (tertiary/aromatic N) is 1. The third kappa shape index (κ3) is 7.42. The molecule has 3 rings (SSSR count). The second-order valence-corrected chi connectivity index (χ2v) is 12.5. The van der Waals surface area contributed by atoms with Crippen LogP contribution in [-0.2, 0) is 21.2 Å². The summed E-state index contributed by atoms with van der Waals surface area (Å²) in [5.74, 6) is -2.33. The minimum atomic E-state index is -5.08. The maximum absolute atomic E-state index is 13.1. The van der Waals surface area contributed by atoms with Gasteiger partial charge in [-0.15, -0.1) is 34.4 Å². The Hall–Kier alpha value is -2.14. The molecule has 0 bridgehead atoms. The van der Waals surface area contributed by atoms with Gasteiger partial charge < -0.3 is 16.2 Å². The molecule has 0 saturated carbocycles. The van der Waals surface area contributed by atoms with Crippen molar-refractivity contribution in [3.05, 3.63) is 49.6 Å². The number of amidine groups is 1. The number of aryl methyl sites for hydroxylation is 1. The zero-order chi connectivity index (χ0) is 26.6. The summed E-state index contributed by atoms with van der Waals surface area (Å²) >= 11 is 7.58. The number of aliphatic carboxylic acids is 1. The molecular weight excluding hydrogens is 613 g/mol. The zero-order valence-electron chi connectivity index (χ0n) is 17.9. The molecule has 0 unspecified atom stereocenters. The van der Waals surface area contributed by atoms with Crippen LogP contribution in [0.1, 0.15) is 15.3 Å². The summed E-state index contributed by atoms with van der Waals surface area (Å²) in [6.07, 6.45) is -1.94. The lowest BCUT2D eigenvalue weighted by Gasteiger charge is -2.10. The number of hydrogen-bond donors (Lipinski definition) is 4. The van der Waals surface area contributed by atoms with Gasteiger partial charge in [-0.25, -0.2) is 18.2 Å². The monoisotopic (exact) mass is 630 g/mol. The molecule has 8 nitrogen and oxygen atoms in total. The molecule has 3 aromatic heterocycles. The lowest BCUT2D eigenvalue weighted by Crippen LogP contribution is -2.21. The number of aromatic nitrogens is 1. The summed E-state index contributed by atoms with van der Waals surface area (Å²) in [6, 6.07) is 5.05. The number of nitrogens with one attached hydrogen (secondary N) is 2. The zero-order valence-corrected chi connectivity index (χ0v) is 22.8. The van der Waals surface area contributed by atoms with Gasteiger partial charge in [0.2, 0.25) is 9.84 Å². The molecule has 16 heteroatoms. The Kier molecular flexibility index (Phi) is 9.75. The van der Waals surface area contributed by atoms with Gasteiger partial charge in [-0.05, 0) is 58.3 Å². The van der Waals surface area contributed by atoms with Crippen molar-refractivity contribution >= 4 is 77.8 Å². The van der Waals surface area contributed by atoms with Crippen LogP contribution in [0.15, 0.2) is 48.2 Å². The highest BCUT2D eigenvalue weighted by Gasteiger charge is 2.38. The van der Waals surface area contributed by atoms with Crippen molar-refractivity contribution in [1.82, 2.24) is 4.98 Å². The molecule has 0 aromatic carbocycles. The Morgan fingerprint density at radius 2 is 2.00 bits per heavy atom. The van der Waals surface area contributed by atoms with Crippen LogP contribution in [-0.4, -0.2) is 42.7 Å². The molecule has 3 aromatic rings. The number of alkyl halides is 3. The summed E-state index contributed by atoms with van der Waals surface area (Å²) < 4.78 is 59.1. The standard InChI is InChI=1S/C17H17BrN4O2S4.C2HF3O2/c1-9-3-4-26-13(9)8-22-16-11(18)5-10(7-21-16)28(23,24)14-6-12(15(19)20)27-17(14)25-2;3-2(4,5)1(6)7/h3-7H,8H2,1-2H3,(H3,19,20)(H,21,22);(H,6,7). The molecule has 0 fully saturated rings. The van der Waals surface area contributed by atoms with Crippen LogP contribution in [0.5, 0.6) is 0 Å². The predicted molar refractivity (Wildman–Crippen MR) is 135 cm³/mol. The van der Waals surface area contributed by atoms with Crippen molar-refractivity contribution in [2.24, 2.45) is 5.73 Å². The third-order valence-corrected chi connectivity index (χ3v) is 10.1. The molecule has 0 aliphatic heterocycles. The van der Waals surface area contributed by atoms with Crippen LogP contribution >= 0.6 is 50.4 Å². The number of carbonyl (C=O) groups is 1. The number of thioether (sulfide) groups is 1. The maximum Gasteiger partial charge on any atom is 0.490 e. The molecule has 35 heavy (non-hydrogen) atoms. The molecule has 0 radical (unpaired) electrons. The van der Waals surface area contributed by atoms with E-state index in [-0.39, 0.29) is 15.6 Å². The number of halogens is 4. The van der Waals surface area contributed by atoms with Gasteiger partial charge in [-0.2, -0.15) is 13.2 Å². The van der Waals surface area contributed by atoms with Crippen molar-refractivity contribution in [1.29, 1.82) is 5.41 Å². The normalized spacial score (nSPS) is 11.5. The Balaban J connectivity index is 0.000000540. The van der Waals surface area contributed by atoms with Gasteiger partial charge in [-0.3, -0.25) is 5.41 Å². The Morgan fingerprint density at radius 1 is 1.37 bits per heavy atom. The first-order valence-corrected chi connectivity index (χ1v) is 14.4. The van der Waals surface area contributed by atoms with Crippen LogP contribution in [0.25, 0.3) is 0 Å². The summed E-state index contributed by atoms with van der Waals surface area (Å²) in [6.45, 7) is 2.66. The highest BCUT2D eigenvalue weighted by atomic mass is 79.9. The number of carboxylic acid groups (broad SMARTS) is 1. The van der Waals surface area contributed by atoms with Crippen molar-refractivity contribution in [3.63, 3.8) is 0 Å². The minimum Gasteiger partial charge on any atom is -0.475 e. The molecule has 190 valence electrons. The highest BCUT2D eigenvalue weighted by Crippen LogP contribution is 2.37. The van der Waals surface area contributed by atoms with Crippen LogP contribution < -0.4 is 11.1 Å². The van der Waals surface area contributed by atoms with E-state index < -0.39 is 22.0 Å². The van der Waals surface area contributed by atoms with Gasteiger partial charge in [0.1, 0.15) is 11.7 Å².